The minimum Gasteiger partial charge on any atom is -0.396 e. The quantitative estimate of drug-likeness (QED) is 0.702. The van der Waals surface area contributed by atoms with Crippen LogP contribution in [-0.2, 0) is 12.8 Å². The summed E-state index contributed by atoms with van der Waals surface area (Å²) in [6.07, 6.45) is 1.54. The van der Waals surface area contributed by atoms with Crippen molar-refractivity contribution in [2.75, 3.05) is 13.2 Å². The Kier molecular flexibility index (Phi) is 6.59. The Balaban J connectivity index is 2.06. The van der Waals surface area contributed by atoms with E-state index in [2.05, 4.69) is 6.07 Å². The predicted molar refractivity (Wildman–Crippen MR) is 87.5 cm³/mol. The minimum atomic E-state index is -0.674. The number of rotatable bonds is 8. The highest BCUT2D eigenvalue weighted by atomic mass is 16.3. The molecule has 0 fully saturated rings. The van der Waals surface area contributed by atoms with Crippen LogP contribution in [0, 0.1) is 5.92 Å². The largest absolute Gasteiger partial charge is 0.396 e. The summed E-state index contributed by atoms with van der Waals surface area (Å²) in [5.74, 6) is -0.226. The third-order valence-electron chi connectivity index (χ3n) is 3.93. The molecule has 2 aromatic carbocycles. The van der Waals surface area contributed by atoms with E-state index in [4.69, 9.17) is 5.11 Å². The molecule has 0 aliphatic carbocycles. The first-order valence-corrected chi connectivity index (χ1v) is 7.77. The van der Waals surface area contributed by atoms with Gasteiger partial charge in [0.2, 0.25) is 0 Å². The van der Waals surface area contributed by atoms with Gasteiger partial charge in [-0.05, 0) is 36.0 Å². The zero-order valence-electron chi connectivity index (χ0n) is 12.7. The molecule has 0 saturated carbocycles. The maximum absolute atomic E-state index is 10.5. The Morgan fingerprint density at radius 3 is 2.27 bits per heavy atom. The first-order valence-electron chi connectivity index (χ1n) is 7.77. The van der Waals surface area contributed by atoms with Crippen molar-refractivity contribution >= 4 is 0 Å². The monoisotopic (exact) mass is 300 g/mol. The van der Waals surface area contributed by atoms with Crippen LogP contribution in [0.1, 0.15) is 29.2 Å². The maximum Gasteiger partial charge on any atom is 0.0843 e. The third kappa shape index (κ3) is 4.67. The molecular weight excluding hydrogens is 276 g/mol. The summed E-state index contributed by atoms with van der Waals surface area (Å²) < 4.78 is 0. The number of aliphatic hydroxyl groups excluding tert-OH is 3. The molecule has 2 rings (SSSR count). The van der Waals surface area contributed by atoms with Crippen LogP contribution in [0.25, 0.3) is 0 Å². The maximum atomic E-state index is 10.5. The second kappa shape index (κ2) is 8.69. The predicted octanol–water partition coefficient (Wildman–Crippen LogP) is 2.50. The smallest absolute Gasteiger partial charge is 0.0843 e. The van der Waals surface area contributed by atoms with Crippen molar-refractivity contribution in [3.05, 3.63) is 71.3 Å². The van der Waals surface area contributed by atoms with Crippen LogP contribution in [0.5, 0.6) is 0 Å². The van der Waals surface area contributed by atoms with Gasteiger partial charge < -0.3 is 15.3 Å². The van der Waals surface area contributed by atoms with E-state index >= 15 is 0 Å². The summed E-state index contributed by atoms with van der Waals surface area (Å²) in [5, 5.41) is 29.0. The van der Waals surface area contributed by atoms with Gasteiger partial charge in [0.25, 0.3) is 0 Å². The topological polar surface area (TPSA) is 60.7 Å². The van der Waals surface area contributed by atoms with E-state index in [1.807, 2.05) is 48.5 Å². The molecule has 2 aromatic rings. The molecule has 2 atom stereocenters. The van der Waals surface area contributed by atoms with E-state index in [-0.39, 0.29) is 19.1 Å². The van der Waals surface area contributed by atoms with Crippen LogP contribution >= 0.6 is 0 Å². The fourth-order valence-corrected chi connectivity index (χ4v) is 2.70. The highest BCUT2D eigenvalue weighted by Gasteiger charge is 2.20. The minimum absolute atomic E-state index is 0.0586. The lowest BCUT2D eigenvalue weighted by atomic mass is 9.90. The van der Waals surface area contributed by atoms with Crippen molar-refractivity contribution in [2.45, 2.75) is 25.4 Å². The molecule has 0 aromatic heterocycles. The zero-order chi connectivity index (χ0) is 15.8. The molecule has 0 aliphatic heterocycles. The SMILES string of the molecule is OCCCc1cccc(CC(CO)C(O)c2ccccc2)c1. The van der Waals surface area contributed by atoms with Crippen LogP contribution < -0.4 is 0 Å². The van der Waals surface area contributed by atoms with E-state index in [9.17, 15) is 10.2 Å². The molecule has 22 heavy (non-hydrogen) atoms. The first-order chi connectivity index (χ1) is 10.7. The number of aliphatic hydroxyl groups is 3. The van der Waals surface area contributed by atoms with Crippen molar-refractivity contribution < 1.29 is 15.3 Å². The summed E-state index contributed by atoms with van der Waals surface area (Å²) in [7, 11) is 0. The molecule has 3 N–H and O–H groups in total. The van der Waals surface area contributed by atoms with Gasteiger partial charge in [-0.3, -0.25) is 0 Å². The van der Waals surface area contributed by atoms with Crippen molar-refractivity contribution in [1.29, 1.82) is 0 Å². The van der Waals surface area contributed by atoms with Crippen molar-refractivity contribution in [2.24, 2.45) is 5.92 Å². The van der Waals surface area contributed by atoms with Gasteiger partial charge in [-0.25, -0.2) is 0 Å². The third-order valence-corrected chi connectivity index (χ3v) is 3.93. The number of aryl methyl sites for hydroxylation is 1. The van der Waals surface area contributed by atoms with Gasteiger partial charge in [0, 0.05) is 19.1 Å². The summed E-state index contributed by atoms with van der Waals surface area (Å²) >= 11 is 0. The van der Waals surface area contributed by atoms with Gasteiger partial charge in [0.05, 0.1) is 6.10 Å². The molecule has 0 spiro atoms. The Hall–Kier alpha value is -1.68. The molecule has 3 heteroatoms. The van der Waals surface area contributed by atoms with Crippen molar-refractivity contribution in [3.63, 3.8) is 0 Å². The number of hydrogen-bond donors (Lipinski definition) is 3. The van der Waals surface area contributed by atoms with E-state index in [0.717, 1.165) is 24.0 Å². The van der Waals surface area contributed by atoms with E-state index < -0.39 is 6.10 Å². The highest BCUT2D eigenvalue weighted by molar-refractivity contribution is 5.25. The lowest BCUT2D eigenvalue weighted by Crippen LogP contribution is -2.19. The Morgan fingerprint density at radius 2 is 1.59 bits per heavy atom. The van der Waals surface area contributed by atoms with Crippen LogP contribution in [0.15, 0.2) is 54.6 Å². The lowest BCUT2D eigenvalue weighted by Gasteiger charge is -2.21. The summed E-state index contributed by atoms with van der Waals surface area (Å²) in [4.78, 5) is 0. The average molecular weight is 300 g/mol. The fourth-order valence-electron chi connectivity index (χ4n) is 2.70. The molecule has 118 valence electrons. The van der Waals surface area contributed by atoms with Gasteiger partial charge >= 0.3 is 0 Å². The summed E-state index contributed by atoms with van der Waals surface area (Å²) in [5.41, 5.74) is 3.11. The first kappa shape index (κ1) is 16.7. The second-order valence-electron chi connectivity index (χ2n) is 5.65. The van der Waals surface area contributed by atoms with Gasteiger partial charge in [0.15, 0.2) is 0 Å². The van der Waals surface area contributed by atoms with E-state index in [0.29, 0.717) is 6.42 Å². The molecule has 0 heterocycles. The van der Waals surface area contributed by atoms with Crippen LogP contribution in [0.3, 0.4) is 0 Å². The number of benzene rings is 2. The van der Waals surface area contributed by atoms with Gasteiger partial charge in [0.1, 0.15) is 0 Å². The summed E-state index contributed by atoms with van der Waals surface area (Å²) in [6, 6.07) is 17.6. The molecule has 2 unspecified atom stereocenters. The van der Waals surface area contributed by atoms with Gasteiger partial charge in [-0.2, -0.15) is 0 Å². The van der Waals surface area contributed by atoms with Crippen LogP contribution in [0.4, 0.5) is 0 Å². The molecule has 3 nitrogen and oxygen atoms in total. The molecule has 0 aliphatic rings. The van der Waals surface area contributed by atoms with Gasteiger partial charge in [-0.15, -0.1) is 0 Å². The normalized spacial score (nSPS) is 13.8. The Bertz CT molecular complexity index is 554. The molecule has 0 amide bonds. The van der Waals surface area contributed by atoms with E-state index in [1.165, 1.54) is 5.56 Å². The van der Waals surface area contributed by atoms with E-state index in [1.54, 1.807) is 0 Å². The highest BCUT2D eigenvalue weighted by Crippen LogP contribution is 2.25. The van der Waals surface area contributed by atoms with Crippen LogP contribution in [0.2, 0.25) is 0 Å². The Labute approximate surface area is 131 Å². The molecule has 0 saturated heterocycles. The molecular formula is C19H24O3. The average Bonchev–Trinajstić information content (AvgIpc) is 2.58. The molecule has 0 radical (unpaired) electrons. The van der Waals surface area contributed by atoms with Gasteiger partial charge in [-0.1, -0.05) is 54.6 Å². The summed E-state index contributed by atoms with van der Waals surface area (Å²) in [6.45, 7) is 0.132. The number of hydrogen-bond acceptors (Lipinski definition) is 3. The van der Waals surface area contributed by atoms with Crippen molar-refractivity contribution in [1.82, 2.24) is 0 Å². The van der Waals surface area contributed by atoms with Crippen molar-refractivity contribution in [3.8, 4) is 0 Å². The molecule has 0 bridgehead atoms. The Morgan fingerprint density at radius 1 is 0.864 bits per heavy atom. The standard InChI is InChI=1S/C19H24O3/c20-11-5-8-15-6-4-7-16(12-15)13-18(14-21)19(22)17-9-2-1-3-10-17/h1-4,6-7,9-10,12,18-22H,5,8,11,13-14H2. The second-order valence-corrected chi connectivity index (χ2v) is 5.65. The van der Waals surface area contributed by atoms with Crippen LogP contribution in [-0.4, -0.2) is 28.5 Å². The fraction of sp³-hybridized carbons (Fsp3) is 0.368. The zero-order valence-corrected chi connectivity index (χ0v) is 12.7. The lowest BCUT2D eigenvalue weighted by molar-refractivity contribution is 0.0669.